The molecule has 4 aliphatic rings. The van der Waals surface area contributed by atoms with Crippen LogP contribution in [0.3, 0.4) is 0 Å². The van der Waals surface area contributed by atoms with Gasteiger partial charge in [-0.25, -0.2) is 9.97 Å². The van der Waals surface area contributed by atoms with Crippen molar-refractivity contribution in [3.63, 3.8) is 0 Å². The third-order valence-electron chi connectivity index (χ3n) is 5.69. The SMILES string of the molecule is NC1OC2(CN3CCC2CC3)CN1c1cc(-c2cscn2)ccn1. The zero-order valence-electron chi connectivity index (χ0n) is 13.5. The highest BCUT2D eigenvalue weighted by molar-refractivity contribution is 7.07. The van der Waals surface area contributed by atoms with E-state index in [1.54, 1.807) is 11.3 Å². The number of anilines is 1. The monoisotopic (exact) mass is 343 g/mol. The molecule has 4 aliphatic heterocycles. The lowest BCUT2D eigenvalue weighted by Gasteiger charge is -2.50. The maximum atomic E-state index is 6.35. The van der Waals surface area contributed by atoms with E-state index in [0.29, 0.717) is 5.92 Å². The van der Waals surface area contributed by atoms with E-state index in [9.17, 15) is 0 Å². The van der Waals surface area contributed by atoms with E-state index in [0.717, 1.165) is 30.2 Å². The quantitative estimate of drug-likeness (QED) is 0.896. The summed E-state index contributed by atoms with van der Waals surface area (Å²) in [5.74, 6) is 1.49. The van der Waals surface area contributed by atoms with Crippen molar-refractivity contribution in [1.29, 1.82) is 0 Å². The zero-order chi connectivity index (χ0) is 16.1. The molecule has 2 unspecified atom stereocenters. The largest absolute Gasteiger partial charge is 0.335 e. The molecule has 2 bridgehead atoms. The molecule has 0 radical (unpaired) electrons. The van der Waals surface area contributed by atoms with E-state index in [2.05, 4.69) is 25.8 Å². The van der Waals surface area contributed by atoms with Crippen molar-refractivity contribution in [3.05, 3.63) is 29.2 Å². The minimum atomic E-state index is -0.427. The second-order valence-electron chi connectivity index (χ2n) is 7.03. The molecule has 4 fully saturated rings. The number of aromatic nitrogens is 2. The van der Waals surface area contributed by atoms with Gasteiger partial charge in [0.1, 0.15) is 11.4 Å². The van der Waals surface area contributed by atoms with Crippen LogP contribution in [-0.4, -0.2) is 53.0 Å². The van der Waals surface area contributed by atoms with Gasteiger partial charge in [-0.15, -0.1) is 11.3 Å². The van der Waals surface area contributed by atoms with E-state index in [1.807, 2.05) is 23.2 Å². The smallest absolute Gasteiger partial charge is 0.186 e. The lowest BCUT2D eigenvalue weighted by Crippen LogP contribution is -2.61. The molecule has 126 valence electrons. The standard InChI is InChI=1S/C17H21N5OS/c18-16-22(10-17(23-16)9-21-5-2-13(17)3-6-21)15-7-12(1-4-19-15)14-8-24-11-20-14/h1,4,7-8,11,13,16H,2-3,5-6,9-10,18H2. The average molecular weight is 343 g/mol. The molecular formula is C17H21N5OS. The Hall–Kier alpha value is -1.54. The first kappa shape index (κ1) is 14.8. The average Bonchev–Trinajstić information content (AvgIpc) is 3.25. The van der Waals surface area contributed by atoms with Gasteiger partial charge in [0.05, 0.1) is 17.7 Å². The summed E-state index contributed by atoms with van der Waals surface area (Å²) in [6, 6.07) is 4.06. The fourth-order valence-corrected chi connectivity index (χ4v) is 5.02. The molecule has 24 heavy (non-hydrogen) atoms. The molecule has 2 aromatic heterocycles. The predicted molar refractivity (Wildman–Crippen MR) is 93.6 cm³/mol. The van der Waals surface area contributed by atoms with Gasteiger partial charge >= 0.3 is 0 Å². The van der Waals surface area contributed by atoms with Crippen LogP contribution in [0.15, 0.2) is 29.2 Å². The third kappa shape index (κ3) is 2.27. The molecule has 2 atom stereocenters. The van der Waals surface area contributed by atoms with E-state index >= 15 is 0 Å². The molecule has 6 nitrogen and oxygen atoms in total. The molecule has 1 spiro atoms. The maximum Gasteiger partial charge on any atom is 0.186 e. The Labute approximate surface area is 145 Å². The molecule has 0 amide bonds. The highest BCUT2D eigenvalue weighted by atomic mass is 32.1. The number of nitrogens with two attached hydrogens (primary N) is 1. The van der Waals surface area contributed by atoms with Gasteiger partial charge in [0.2, 0.25) is 0 Å². The number of piperidine rings is 3. The Balaban J connectivity index is 1.44. The van der Waals surface area contributed by atoms with E-state index in [4.69, 9.17) is 10.5 Å². The van der Waals surface area contributed by atoms with Crippen LogP contribution in [0.1, 0.15) is 12.8 Å². The summed E-state index contributed by atoms with van der Waals surface area (Å²) < 4.78 is 6.33. The first-order chi connectivity index (χ1) is 11.7. The van der Waals surface area contributed by atoms with Gasteiger partial charge in [-0.1, -0.05) is 0 Å². The predicted octanol–water partition coefficient (Wildman–Crippen LogP) is 1.75. The summed E-state index contributed by atoms with van der Waals surface area (Å²) in [6.07, 6.45) is 3.83. The lowest BCUT2D eigenvalue weighted by molar-refractivity contribution is -0.137. The maximum absolute atomic E-state index is 6.35. The Bertz CT molecular complexity index is 730. The number of nitrogens with zero attached hydrogens (tertiary/aromatic N) is 4. The van der Waals surface area contributed by atoms with Crippen molar-refractivity contribution in [3.8, 4) is 11.3 Å². The van der Waals surface area contributed by atoms with Crippen LogP contribution in [0.5, 0.6) is 0 Å². The number of hydrogen-bond acceptors (Lipinski definition) is 7. The van der Waals surface area contributed by atoms with E-state index < -0.39 is 6.35 Å². The van der Waals surface area contributed by atoms with Crippen LogP contribution in [0.25, 0.3) is 11.3 Å². The molecule has 0 aromatic carbocycles. The van der Waals surface area contributed by atoms with Gasteiger partial charge in [0, 0.05) is 23.7 Å². The summed E-state index contributed by atoms with van der Waals surface area (Å²) in [5, 5.41) is 2.05. The van der Waals surface area contributed by atoms with Crippen LogP contribution < -0.4 is 10.6 Å². The van der Waals surface area contributed by atoms with Crippen LogP contribution in [-0.2, 0) is 4.74 Å². The molecule has 6 rings (SSSR count). The highest BCUT2D eigenvalue weighted by Gasteiger charge is 2.54. The van der Waals surface area contributed by atoms with Crippen molar-refractivity contribution in [2.45, 2.75) is 24.8 Å². The summed E-state index contributed by atoms with van der Waals surface area (Å²) in [5.41, 5.74) is 10.1. The number of pyridine rings is 1. The van der Waals surface area contributed by atoms with Gasteiger partial charge in [-0.05, 0) is 44.0 Å². The summed E-state index contributed by atoms with van der Waals surface area (Å²) in [4.78, 5) is 13.6. The van der Waals surface area contributed by atoms with Crippen LogP contribution >= 0.6 is 11.3 Å². The van der Waals surface area contributed by atoms with Crippen molar-refractivity contribution >= 4 is 17.2 Å². The summed E-state index contributed by atoms with van der Waals surface area (Å²) in [6.45, 7) is 4.21. The topological polar surface area (TPSA) is 67.5 Å². The number of thiazole rings is 1. The summed E-state index contributed by atoms with van der Waals surface area (Å²) in [7, 11) is 0. The lowest BCUT2D eigenvalue weighted by atomic mass is 9.75. The van der Waals surface area contributed by atoms with Gasteiger partial charge in [-0.3, -0.25) is 5.73 Å². The fourth-order valence-electron chi connectivity index (χ4n) is 4.46. The molecule has 7 heteroatoms. The zero-order valence-corrected chi connectivity index (χ0v) is 14.3. The Morgan fingerprint density at radius 2 is 2.12 bits per heavy atom. The second-order valence-corrected chi connectivity index (χ2v) is 7.75. The van der Waals surface area contributed by atoms with E-state index in [1.165, 1.54) is 25.9 Å². The van der Waals surface area contributed by atoms with Crippen molar-refractivity contribution < 1.29 is 4.74 Å². The first-order valence-corrected chi connectivity index (χ1v) is 9.45. The van der Waals surface area contributed by atoms with Gasteiger partial charge < -0.3 is 14.5 Å². The fraction of sp³-hybridized carbons (Fsp3) is 0.529. The minimum absolute atomic E-state index is 0.131. The molecule has 0 saturated carbocycles. The molecule has 6 heterocycles. The molecule has 4 saturated heterocycles. The number of hydrogen-bond donors (Lipinski definition) is 1. The molecule has 0 aliphatic carbocycles. The van der Waals surface area contributed by atoms with Crippen molar-refractivity contribution in [2.75, 3.05) is 31.1 Å². The van der Waals surface area contributed by atoms with Crippen LogP contribution in [0.2, 0.25) is 0 Å². The van der Waals surface area contributed by atoms with E-state index in [-0.39, 0.29) is 5.60 Å². The molecule has 2 aromatic rings. The van der Waals surface area contributed by atoms with Crippen LogP contribution in [0, 0.1) is 5.92 Å². The molecule has 2 N–H and O–H groups in total. The third-order valence-corrected chi connectivity index (χ3v) is 6.28. The van der Waals surface area contributed by atoms with Crippen molar-refractivity contribution in [1.82, 2.24) is 14.9 Å². The minimum Gasteiger partial charge on any atom is -0.335 e. The van der Waals surface area contributed by atoms with Crippen molar-refractivity contribution in [2.24, 2.45) is 11.7 Å². The Morgan fingerprint density at radius 1 is 1.25 bits per heavy atom. The number of rotatable bonds is 2. The summed E-state index contributed by atoms with van der Waals surface area (Å²) >= 11 is 1.60. The highest BCUT2D eigenvalue weighted by Crippen LogP contribution is 2.43. The first-order valence-electron chi connectivity index (χ1n) is 8.51. The van der Waals surface area contributed by atoms with Crippen LogP contribution in [0.4, 0.5) is 5.82 Å². The second kappa shape index (κ2) is 5.49. The number of fused-ring (bicyclic) bond motifs is 2. The normalized spacial score (nSPS) is 35.0. The van der Waals surface area contributed by atoms with Gasteiger partial charge in [0.15, 0.2) is 6.35 Å². The Morgan fingerprint density at radius 3 is 2.83 bits per heavy atom. The van der Waals surface area contributed by atoms with Gasteiger partial charge in [0.25, 0.3) is 0 Å². The Kier molecular flexibility index (Phi) is 3.38. The molecular weight excluding hydrogens is 322 g/mol. The van der Waals surface area contributed by atoms with Gasteiger partial charge in [-0.2, -0.15) is 0 Å². The number of ether oxygens (including phenoxy) is 1.